The molecular formula is C12H13NOS. The molecule has 15 heavy (non-hydrogen) atoms. The van der Waals surface area contributed by atoms with Crippen molar-refractivity contribution >= 4 is 11.9 Å². The topological polar surface area (TPSA) is 22.0 Å². The first-order valence-corrected chi connectivity index (χ1v) is 5.36. The van der Waals surface area contributed by atoms with Crippen LogP contribution in [0.2, 0.25) is 0 Å². The standard InChI is InChI=1S/C12H13NOS/c1-3-5-8-11(4-2)15-13-10-7-6-9-12(13)14/h3-10H,2H2,1H3/b5-3-,11-8+. The molecule has 2 nitrogen and oxygen atoms in total. The average Bonchev–Trinajstić information content (AvgIpc) is 2.26. The summed E-state index contributed by atoms with van der Waals surface area (Å²) in [5, 5.41) is 0. The highest BCUT2D eigenvalue weighted by molar-refractivity contribution is 8.01. The Hall–Kier alpha value is -1.48. The van der Waals surface area contributed by atoms with E-state index in [-0.39, 0.29) is 5.56 Å². The Bertz CT molecular complexity index is 443. The summed E-state index contributed by atoms with van der Waals surface area (Å²) in [6, 6.07) is 5.08. The number of rotatable bonds is 4. The molecule has 1 aromatic rings. The molecule has 0 aliphatic rings. The molecule has 1 heterocycles. The van der Waals surface area contributed by atoms with E-state index in [0.717, 1.165) is 4.91 Å². The molecule has 0 fully saturated rings. The Kier molecular flexibility index (Phi) is 4.71. The molecule has 0 spiro atoms. The van der Waals surface area contributed by atoms with Crippen LogP contribution in [-0.4, -0.2) is 3.97 Å². The van der Waals surface area contributed by atoms with Crippen molar-refractivity contribution in [1.82, 2.24) is 3.97 Å². The largest absolute Gasteiger partial charge is 0.268 e. The summed E-state index contributed by atoms with van der Waals surface area (Å²) >= 11 is 1.35. The Labute approximate surface area is 93.8 Å². The fourth-order valence-corrected chi connectivity index (χ4v) is 1.65. The Morgan fingerprint density at radius 1 is 1.53 bits per heavy atom. The van der Waals surface area contributed by atoms with Gasteiger partial charge in [0, 0.05) is 17.2 Å². The van der Waals surface area contributed by atoms with Crippen LogP contribution in [0.1, 0.15) is 6.92 Å². The van der Waals surface area contributed by atoms with E-state index in [0.29, 0.717) is 0 Å². The zero-order chi connectivity index (χ0) is 11.1. The third-order valence-electron chi connectivity index (χ3n) is 1.65. The second-order valence-corrected chi connectivity index (χ2v) is 3.80. The van der Waals surface area contributed by atoms with Gasteiger partial charge in [0.2, 0.25) is 0 Å². The van der Waals surface area contributed by atoms with Crippen LogP contribution in [0.5, 0.6) is 0 Å². The summed E-state index contributed by atoms with van der Waals surface area (Å²) in [6.45, 7) is 5.64. The molecule has 0 aliphatic carbocycles. The van der Waals surface area contributed by atoms with E-state index in [1.165, 1.54) is 18.0 Å². The zero-order valence-corrected chi connectivity index (χ0v) is 9.41. The van der Waals surface area contributed by atoms with Gasteiger partial charge in [-0.15, -0.1) is 0 Å². The lowest BCUT2D eigenvalue weighted by atomic mass is 10.4. The average molecular weight is 219 g/mol. The smallest absolute Gasteiger partial charge is 0.260 e. The third-order valence-corrected chi connectivity index (χ3v) is 2.66. The van der Waals surface area contributed by atoms with Crippen LogP contribution in [0.25, 0.3) is 0 Å². The fraction of sp³-hybridized carbons (Fsp3) is 0.0833. The Morgan fingerprint density at radius 2 is 2.33 bits per heavy atom. The van der Waals surface area contributed by atoms with Gasteiger partial charge in [-0.3, -0.25) is 8.77 Å². The SMILES string of the molecule is C=C/C(=C\C=C/C)Sn1ccccc1=O. The van der Waals surface area contributed by atoms with Crippen LogP contribution in [0, 0.1) is 0 Å². The van der Waals surface area contributed by atoms with E-state index in [1.807, 2.05) is 31.2 Å². The van der Waals surface area contributed by atoms with E-state index < -0.39 is 0 Å². The molecule has 0 radical (unpaired) electrons. The van der Waals surface area contributed by atoms with Crippen molar-refractivity contribution in [3.05, 3.63) is 70.5 Å². The second-order valence-electron chi connectivity index (χ2n) is 2.75. The zero-order valence-electron chi connectivity index (χ0n) is 8.59. The van der Waals surface area contributed by atoms with Crippen molar-refractivity contribution in [2.75, 3.05) is 0 Å². The molecule has 0 N–H and O–H groups in total. The van der Waals surface area contributed by atoms with Gasteiger partial charge in [-0.2, -0.15) is 0 Å². The molecule has 1 aromatic heterocycles. The van der Waals surface area contributed by atoms with E-state index >= 15 is 0 Å². The number of nitrogens with zero attached hydrogens (tertiary/aromatic N) is 1. The van der Waals surface area contributed by atoms with Gasteiger partial charge in [0.25, 0.3) is 5.56 Å². The molecule has 0 atom stereocenters. The normalized spacial score (nSPS) is 11.9. The van der Waals surface area contributed by atoms with Crippen molar-refractivity contribution in [1.29, 1.82) is 0 Å². The molecule has 3 heteroatoms. The van der Waals surface area contributed by atoms with E-state index in [4.69, 9.17) is 0 Å². The second kappa shape index (κ2) is 6.09. The van der Waals surface area contributed by atoms with Crippen LogP contribution in [0.15, 0.2) is 65.0 Å². The van der Waals surface area contributed by atoms with Gasteiger partial charge in [-0.25, -0.2) is 0 Å². The number of hydrogen-bond acceptors (Lipinski definition) is 2. The molecular weight excluding hydrogens is 206 g/mol. The highest BCUT2D eigenvalue weighted by Crippen LogP contribution is 2.16. The summed E-state index contributed by atoms with van der Waals surface area (Å²) in [7, 11) is 0. The van der Waals surface area contributed by atoms with Crippen molar-refractivity contribution in [2.45, 2.75) is 6.92 Å². The fourth-order valence-electron chi connectivity index (χ4n) is 0.928. The lowest BCUT2D eigenvalue weighted by Gasteiger charge is -2.03. The molecule has 0 saturated carbocycles. The van der Waals surface area contributed by atoms with Crippen molar-refractivity contribution in [3.63, 3.8) is 0 Å². The molecule has 0 amide bonds. The van der Waals surface area contributed by atoms with Crippen LogP contribution in [0.3, 0.4) is 0 Å². The number of allylic oxidation sites excluding steroid dienone is 4. The lowest BCUT2D eigenvalue weighted by molar-refractivity contribution is 1.15. The number of hydrogen-bond donors (Lipinski definition) is 0. The minimum atomic E-state index is -0.0317. The minimum absolute atomic E-state index is 0.0317. The van der Waals surface area contributed by atoms with E-state index in [1.54, 1.807) is 22.3 Å². The van der Waals surface area contributed by atoms with Crippen LogP contribution in [-0.2, 0) is 0 Å². The minimum Gasteiger partial charge on any atom is -0.268 e. The first kappa shape index (κ1) is 11.6. The van der Waals surface area contributed by atoms with Gasteiger partial charge < -0.3 is 0 Å². The highest BCUT2D eigenvalue weighted by Gasteiger charge is 1.96. The lowest BCUT2D eigenvalue weighted by Crippen LogP contribution is -2.11. The van der Waals surface area contributed by atoms with Crippen LogP contribution < -0.4 is 5.56 Å². The van der Waals surface area contributed by atoms with Crippen molar-refractivity contribution in [3.8, 4) is 0 Å². The van der Waals surface area contributed by atoms with Gasteiger partial charge in [-0.05, 0) is 31.0 Å². The van der Waals surface area contributed by atoms with Crippen LogP contribution in [0.4, 0.5) is 0 Å². The molecule has 0 aliphatic heterocycles. The number of pyridine rings is 1. The van der Waals surface area contributed by atoms with Gasteiger partial charge in [-0.1, -0.05) is 30.9 Å². The maximum Gasteiger partial charge on any atom is 0.260 e. The molecule has 78 valence electrons. The summed E-state index contributed by atoms with van der Waals surface area (Å²) < 4.78 is 1.57. The molecule has 0 aromatic carbocycles. The van der Waals surface area contributed by atoms with Crippen molar-refractivity contribution in [2.24, 2.45) is 0 Å². The third kappa shape index (κ3) is 3.64. The van der Waals surface area contributed by atoms with Gasteiger partial charge in [0.05, 0.1) is 0 Å². The first-order valence-electron chi connectivity index (χ1n) is 4.59. The van der Waals surface area contributed by atoms with Gasteiger partial charge in [0.15, 0.2) is 0 Å². The summed E-state index contributed by atoms with van der Waals surface area (Å²) in [5.74, 6) is 0. The maximum atomic E-state index is 11.4. The van der Waals surface area contributed by atoms with Crippen molar-refractivity contribution < 1.29 is 0 Å². The highest BCUT2D eigenvalue weighted by atomic mass is 32.2. The Morgan fingerprint density at radius 3 is 2.93 bits per heavy atom. The summed E-state index contributed by atoms with van der Waals surface area (Å²) in [4.78, 5) is 12.3. The van der Waals surface area contributed by atoms with E-state index in [2.05, 4.69) is 6.58 Å². The Balaban J connectivity index is 2.89. The van der Waals surface area contributed by atoms with E-state index in [9.17, 15) is 4.79 Å². The van der Waals surface area contributed by atoms with Crippen LogP contribution >= 0.6 is 11.9 Å². The molecule has 1 rings (SSSR count). The summed E-state index contributed by atoms with van der Waals surface area (Å²) in [6.07, 6.45) is 9.22. The van der Waals surface area contributed by atoms with Gasteiger partial charge in [0.1, 0.15) is 0 Å². The molecule has 0 unspecified atom stereocenters. The molecule has 0 bridgehead atoms. The maximum absolute atomic E-state index is 11.4. The predicted molar refractivity (Wildman–Crippen MR) is 66.8 cm³/mol. The quantitative estimate of drug-likeness (QED) is 0.726. The molecule has 0 saturated heterocycles. The monoisotopic (exact) mass is 219 g/mol. The van der Waals surface area contributed by atoms with Gasteiger partial charge >= 0.3 is 0 Å². The predicted octanol–water partition coefficient (Wildman–Crippen LogP) is 2.99. The number of aromatic nitrogens is 1. The summed E-state index contributed by atoms with van der Waals surface area (Å²) in [5.41, 5.74) is -0.0317. The first-order chi connectivity index (χ1) is 7.27.